The standard InChI is InChI=1S/C20H15N3O2S2/c1-14-6-8-17-18(12-14)27-20(22-17)23(21-13-15-4-2-10-25-15)19(24)9-7-16-5-3-11-26-16/h2-13H,1H3/b9-7+,21-13-. The summed E-state index contributed by atoms with van der Waals surface area (Å²) in [6.07, 6.45) is 6.35. The molecule has 1 amide bonds. The lowest BCUT2D eigenvalue weighted by molar-refractivity contribution is -0.114. The van der Waals surface area contributed by atoms with E-state index in [1.807, 2.05) is 36.6 Å². The first-order chi connectivity index (χ1) is 13.2. The largest absolute Gasteiger partial charge is 0.463 e. The van der Waals surface area contributed by atoms with Crippen LogP contribution in [0.25, 0.3) is 16.3 Å². The maximum atomic E-state index is 12.8. The first-order valence-electron chi connectivity index (χ1n) is 8.19. The van der Waals surface area contributed by atoms with Gasteiger partial charge in [-0.2, -0.15) is 10.1 Å². The molecule has 4 aromatic rings. The van der Waals surface area contributed by atoms with Crippen molar-refractivity contribution in [2.45, 2.75) is 6.92 Å². The molecular formula is C20H15N3O2S2. The minimum absolute atomic E-state index is 0.276. The highest BCUT2D eigenvalue weighted by molar-refractivity contribution is 7.22. The fourth-order valence-electron chi connectivity index (χ4n) is 2.40. The van der Waals surface area contributed by atoms with E-state index in [9.17, 15) is 4.79 Å². The fourth-order valence-corrected chi connectivity index (χ4v) is 4.05. The molecule has 0 aliphatic rings. The average molecular weight is 393 g/mol. The molecule has 7 heteroatoms. The average Bonchev–Trinajstić information content (AvgIpc) is 3.41. The molecule has 3 aromatic heterocycles. The van der Waals surface area contributed by atoms with Gasteiger partial charge in [0.25, 0.3) is 5.91 Å². The minimum atomic E-state index is -0.276. The third kappa shape index (κ3) is 4.05. The number of anilines is 1. The maximum Gasteiger partial charge on any atom is 0.273 e. The highest BCUT2D eigenvalue weighted by atomic mass is 32.1. The topological polar surface area (TPSA) is 58.7 Å². The lowest BCUT2D eigenvalue weighted by Crippen LogP contribution is -2.23. The number of nitrogens with zero attached hydrogens (tertiary/aromatic N) is 3. The number of thiophene rings is 1. The summed E-state index contributed by atoms with van der Waals surface area (Å²) < 4.78 is 6.28. The summed E-state index contributed by atoms with van der Waals surface area (Å²) in [6, 6.07) is 13.4. The van der Waals surface area contributed by atoms with Gasteiger partial charge in [0.1, 0.15) is 5.76 Å². The number of carbonyl (C=O) groups excluding carboxylic acids is 1. The number of amides is 1. The van der Waals surface area contributed by atoms with Gasteiger partial charge in [-0.1, -0.05) is 23.5 Å². The van der Waals surface area contributed by atoms with Crippen LogP contribution in [-0.4, -0.2) is 17.1 Å². The van der Waals surface area contributed by atoms with E-state index in [0.717, 1.165) is 20.7 Å². The van der Waals surface area contributed by atoms with E-state index in [1.165, 1.54) is 28.6 Å². The predicted molar refractivity (Wildman–Crippen MR) is 111 cm³/mol. The van der Waals surface area contributed by atoms with Gasteiger partial charge in [-0.25, -0.2) is 4.98 Å². The highest BCUT2D eigenvalue weighted by Crippen LogP contribution is 2.30. The molecule has 0 saturated heterocycles. The molecule has 0 aliphatic heterocycles. The van der Waals surface area contributed by atoms with Crippen molar-refractivity contribution >= 4 is 56.2 Å². The Labute approximate surface area is 163 Å². The second-order valence-electron chi connectivity index (χ2n) is 5.73. The van der Waals surface area contributed by atoms with Crippen LogP contribution in [0, 0.1) is 6.92 Å². The number of rotatable bonds is 5. The first-order valence-corrected chi connectivity index (χ1v) is 9.89. The molecule has 0 saturated carbocycles. The van der Waals surface area contributed by atoms with E-state index < -0.39 is 0 Å². The Morgan fingerprint density at radius 3 is 2.96 bits per heavy atom. The highest BCUT2D eigenvalue weighted by Gasteiger charge is 2.17. The SMILES string of the molecule is Cc1ccc2nc(N(/N=C\c3ccco3)C(=O)/C=C/c3cccs3)sc2c1. The molecule has 3 heterocycles. The van der Waals surface area contributed by atoms with Crippen molar-refractivity contribution in [3.63, 3.8) is 0 Å². The van der Waals surface area contributed by atoms with Crippen molar-refractivity contribution in [1.82, 2.24) is 4.98 Å². The summed E-state index contributed by atoms with van der Waals surface area (Å²) >= 11 is 2.99. The van der Waals surface area contributed by atoms with Crippen LogP contribution in [0.1, 0.15) is 16.2 Å². The van der Waals surface area contributed by atoms with Crippen LogP contribution in [0.15, 0.2) is 69.7 Å². The van der Waals surface area contributed by atoms with Crippen LogP contribution in [0.5, 0.6) is 0 Å². The van der Waals surface area contributed by atoms with Gasteiger partial charge in [0.05, 0.1) is 22.7 Å². The van der Waals surface area contributed by atoms with Crippen molar-refractivity contribution in [2.24, 2.45) is 5.10 Å². The third-order valence-electron chi connectivity index (χ3n) is 3.70. The quantitative estimate of drug-likeness (QED) is 0.261. The molecule has 0 unspecified atom stereocenters. The van der Waals surface area contributed by atoms with E-state index in [0.29, 0.717) is 10.9 Å². The smallest absolute Gasteiger partial charge is 0.273 e. The zero-order chi connectivity index (χ0) is 18.6. The number of fused-ring (bicyclic) bond motifs is 1. The molecule has 0 aliphatic carbocycles. The molecule has 0 spiro atoms. The lowest BCUT2D eigenvalue weighted by atomic mass is 10.2. The molecule has 0 fully saturated rings. The summed E-state index contributed by atoms with van der Waals surface area (Å²) in [5.74, 6) is 0.286. The van der Waals surface area contributed by atoms with Crippen molar-refractivity contribution in [3.05, 3.63) is 76.4 Å². The molecule has 134 valence electrons. The third-order valence-corrected chi connectivity index (χ3v) is 5.53. The van der Waals surface area contributed by atoms with Gasteiger partial charge in [-0.3, -0.25) is 4.79 Å². The summed E-state index contributed by atoms with van der Waals surface area (Å²) in [5.41, 5.74) is 1.99. The van der Waals surface area contributed by atoms with E-state index in [2.05, 4.69) is 16.2 Å². The zero-order valence-electron chi connectivity index (χ0n) is 14.4. The van der Waals surface area contributed by atoms with Crippen molar-refractivity contribution < 1.29 is 9.21 Å². The van der Waals surface area contributed by atoms with Crippen LogP contribution < -0.4 is 5.01 Å². The van der Waals surface area contributed by atoms with Gasteiger partial charge in [-0.05, 0) is 54.3 Å². The normalized spacial score (nSPS) is 11.7. The molecule has 0 radical (unpaired) electrons. The molecular weight excluding hydrogens is 378 g/mol. The molecule has 27 heavy (non-hydrogen) atoms. The predicted octanol–water partition coefficient (Wildman–Crippen LogP) is 5.34. The Kier molecular flexibility index (Phi) is 4.95. The van der Waals surface area contributed by atoms with Gasteiger partial charge >= 0.3 is 0 Å². The van der Waals surface area contributed by atoms with Crippen molar-refractivity contribution in [2.75, 3.05) is 5.01 Å². The second-order valence-corrected chi connectivity index (χ2v) is 7.71. The Hall–Kier alpha value is -3.03. The number of hydrogen-bond donors (Lipinski definition) is 0. The van der Waals surface area contributed by atoms with E-state index >= 15 is 0 Å². The lowest BCUT2D eigenvalue weighted by Gasteiger charge is -2.10. The summed E-state index contributed by atoms with van der Waals surface area (Å²) in [6.45, 7) is 2.03. The van der Waals surface area contributed by atoms with Crippen LogP contribution in [0.4, 0.5) is 5.13 Å². The number of hydrazone groups is 1. The Morgan fingerprint density at radius 2 is 2.19 bits per heavy atom. The molecule has 5 nitrogen and oxygen atoms in total. The summed E-state index contributed by atoms with van der Waals surface area (Å²) in [5, 5.41) is 8.10. The van der Waals surface area contributed by atoms with Crippen molar-refractivity contribution in [1.29, 1.82) is 0 Å². The van der Waals surface area contributed by atoms with Gasteiger partial charge in [-0.15, -0.1) is 11.3 Å². The number of thiazole rings is 1. The molecule has 0 N–H and O–H groups in total. The molecule has 1 aromatic carbocycles. The van der Waals surface area contributed by atoms with Crippen LogP contribution in [-0.2, 0) is 4.79 Å². The number of aromatic nitrogens is 1. The minimum Gasteiger partial charge on any atom is -0.463 e. The number of carbonyl (C=O) groups is 1. The van der Waals surface area contributed by atoms with Crippen LogP contribution in [0.3, 0.4) is 0 Å². The monoisotopic (exact) mass is 393 g/mol. The van der Waals surface area contributed by atoms with Gasteiger partial charge in [0.2, 0.25) is 5.13 Å². The zero-order valence-corrected chi connectivity index (χ0v) is 16.0. The van der Waals surface area contributed by atoms with E-state index in [1.54, 1.807) is 35.8 Å². The summed E-state index contributed by atoms with van der Waals surface area (Å²) in [7, 11) is 0. The Morgan fingerprint density at radius 1 is 1.26 bits per heavy atom. The van der Waals surface area contributed by atoms with Crippen LogP contribution >= 0.6 is 22.7 Å². The Balaban J connectivity index is 1.68. The Bertz CT molecular complexity index is 1110. The fraction of sp³-hybridized carbons (Fsp3) is 0.0500. The van der Waals surface area contributed by atoms with Crippen molar-refractivity contribution in [3.8, 4) is 0 Å². The number of hydrogen-bond acceptors (Lipinski definition) is 6. The van der Waals surface area contributed by atoms with Gasteiger partial charge in [0, 0.05) is 11.0 Å². The number of furan rings is 1. The number of benzene rings is 1. The van der Waals surface area contributed by atoms with Crippen LogP contribution in [0.2, 0.25) is 0 Å². The van der Waals surface area contributed by atoms with E-state index in [4.69, 9.17) is 4.42 Å². The molecule has 0 bridgehead atoms. The maximum absolute atomic E-state index is 12.8. The first kappa shape index (κ1) is 17.4. The van der Waals surface area contributed by atoms with Gasteiger partial charge in [0.15, 0.2) is 0 Å². The molecule has 0 atom stereocenters. The van der Waals surface area contributed by atoms with E-state index in [-0.39, 0.29) is 5.91 Å². The molecule has 4 rings (SSSR count). The number of aryl methyl sites for hydroxylation is 1. The summed E-state index contributed by atoms with van der Waals surface area (Å²) in [4.78, 5) is 18.4. The second kappa shape index (κ2) is 7.69. The van der Waals surface area contributed by atoms with Gasteiger partial charge < -0.3 is 4.42 Å².